The maximum Gasteiger partial charge on any atom is 0.125 e. The lowest BCUT2D eigenvalue weighted by Crippen LogP contribution is -1.96. The van der Waals surface area contributed by atoms with Crippen LogP contribution in [0.15, 0.2) is 46.9 Å². The van der Waals surface area contributed by atoms with Gasteiger partial charge in [0.1, 0.15) is 5.75 Å². The molecule has 20 heavy (non-hydrogen) atoms. The fraction of sp³-hybridized carbons (Fsp3) is 0.294. The second-order valence-corrected chi connectivity index (χ2v) is 7.09. The van der Waals surface area contributed by atoms with Gasteiger partial charge in [-0.05, 0) is 41.7 Å². The summed E-state index contributed by atoms with van der Waals surface area (Å²) in [6.45, 7) is 0.815. The van der Waals surface area contributed by atoms with Crippen LogP contribution in [-0.4, -0.2) is 6.61 Å². The molecule has 0 fully saturated rings. The van der Waals surface area contributed by atoms with Crippen LogP contribution in [0, 0.1) is 0 Å². The molecule has 1 heterocycles. The van der Waals surface area contributed by atoms with Crippen molar-refractivity contribution >= 4 is 31.9 Å². The van der Waals surface area contributed by atoms with E-state index in [0.29, 0.717) is 4.83 Å². The Kier molecular flexibility index (Phi) is 4.47. The molecule has 0 radical (unpaired) electrons. The van der Waals surface area contributed by atoms with Crippen LogP contribution < -0.4 is 4.74 Å². The number of alkyl halides is 1. The highest BCUT2D eigenvalue weighted by molar-refractivity contribution is 9.10. The van der Waals surface area contributed by atoms with E-state index in [0.717, 1.165) is 36.1 Å². The Morgan fingerprint density at radius 1 is 1.15 bits per heavy atom. The number of ether oxygens (including phenoxy) is 1. The van der Waals surface area contributed by atoms with E-state index in [1.807, 2.05) is 0 Å². The summed E-state index contributed by atoms with van der Waals surface area (Å²) >= 11 is 7.39. The second kappa shape index (κ2) is 6.31. The molecule has 1 unspecified atom stereocenters. The molecule has 3 heteroatoms. The minimum absolute atomic E-state index is 0.389. The molecular formula is C17H16Br2O. The van der Waals surface area contributed by atoms with Crippen LogP contribution in [0.5, 0.6) is 5.75 Å². The lowest BCUT2D eigenvalue weighted by atomic mass is 10.0. The molecule has 1 atom stereocenters. The molecule has 104 valence electrons. The third kappa shape index (κ3) is 3.09. The summed E-state index contributed by atoms with van der Waals surface area (Å²) in [5.41, 5.74) is 3.98. The van der Waals surface area contributed by atoms with E-state index in [9.17, 15) is 0 Å². The smallest absolute Gasteiger partial charge is 0.125 e. The SMILES string of the molecule is Brc1cc2c(c(CCC(Br)c3ccccc3)c1)OCC2. The highest BCUT2D eigenvalue weighted by Crippen LogP contribution is 2.36. The van der Waals surface area contributed by atoms with Gasteiger partial charge in [0.05, 0.1) is 6.61 Å². The zero-order valence-electron chi connectivity index (χ0n) is 11.1. The van der Waals surface area contributed by atoms with Crippen LogP contribution in [-0.2, 0) is 12.8 Å². The molecule has 0 saturated heterocycles. The first kappa shape index (κ1) is 14.2. The van der Waals surface area contributed by atoms with Gasteiger partial charge in [0.15, 0.2) is 0 Å². The fourth-order valence-corrected chi connectivity index (χ4v) is 3.73. The third-order valence-electron chi connectivity index (χ3n) is 3.65. The van der Waals surface area contributed by atoms with Gasteiger partial charge < -0.3 is 4.74 Å². The minimum atomic E-state index is 0.389. The zero-order chi connectivity index (χ0) is 13.9. The van der Waals surface area contributed by atoms with E-state index in [-0.39, 0.29) is 0 Å². The van der Waals surface area contributed by atoms with Gasteiger partial charge in [-0.2, -0.15) is 0 Å². The Labute approximate surface area is 136 Å². The van der Waals surface area contributed by atoms with Crippen molar-refractivity contribution in [3.05, 3.63) is 63.6 Å². The van der Waals surface area contributed by atoms with Crippen LogP contribution in [0.25, 0.3) is 0 Å². The molecule has 3 rings (SSSR count). The van der Waals surface area contributed by atoms with Crippen molar-refractivity contribution < 1.29 is 4.74 Å². The van der Waals surface area contributed by atoms with Crippen molar-refractivity contribution in [1.29, 1.82) is 0 Å². The van der Waals surface area contributed by atoms with Crippen LogP contribution in [0.3, 0.4) is 0 Å². The average Bonchev–Trinajstić information content (AvgIpc) is 2.93. The monoisotopic (exact) mass is 394 g/mol. The Morgan fingerprint density at radius 2 is 1.95 bits per heavy atom. The highest BCUT2D eigenvalue weighted by Gasteiger charge is 2.18. The van der Waals surface area contributed by atoms with Gasteiger partial charge in [0.2, 0.25) is 0 Å². The predicted octanol–water partition coefficient (Wildman–Crippen LogP) is 5.45. The minimum Gasteiger partial charge on any atom is -0.493 e. The molecule has 0 aliphatic carbocycles. The Hall–Kier alpha value is -0.800. The normalized spacial score (nSPS) is 14.7. The summed E-state index contributed by atoms with van der Waals surface area (Å²) in [7, 11) is 0. The molecule has 1 nitrogen and oxygen atoms in total. The van der Waals surface area contributed by atoms with Gasteiger partial charge >= 0.3 is 0 Å². The number of hydrogen-bond acceptors (Lipinski definition) is 1. The van der Waals surface area contributed by atoms with Gasteiger partial charge in [-0.1, -0.05) is 62.2 Å². The van der Waals surface area contributed by atoms with Gasteiger partial charge in [0.25, 0.3) is 0 Å². The van der Waals surface area contributed by atoms with Gasteiger partial charge in [-0.3, -0.25) is 0 Å². The summed E-state index contributed by atoms with van der Waals surface area (Å²) in [4.78, 5) is 0.389. The summed E-state index contributed by atoms with van der Waals surface area (Å²) in [5.74, 6) is 1.11. The van der Waals surface area contributed by atoms with Gasteiger partial charge in [-0.25, -0.2) is 0 Å². The van der Waals surface area contributed by atoms with Crippen LogP contribution in [0.2, 0.25) is 0 Å². The van der Waals surface area contributed by atoms with Gasteiger partial charge in [-0.15, -0.1) is 0 Å². The lowest BCUT2D eigenvalue weighted by Gasteiger charge is -2.13. The summed E-state index contributed by atoms with van der Waals surface area (Å²) in [5, 5.41) is 0. The number of halogens is 2. The number of benzene rings is 2. The molecule has 1 aliphatic heterocycles. The van der Waals surface area contributed by atoms with Crippen molar-refractivity contribution in [3.8, 4) is 5.75 Å². The summed E-state index contributed by atoms with van der Waals surface area (Å²) < 4.78 is 6.94. The average molecular weight is 396 g/mol. The molecule has 2 aromatic rings. The maximum atomic E-state index is 5.79. The Balaban J connectivity index is 1.73. The Bertz CT molecular complexity index is 595. The van der Waals surface area contributed by atoms with E-state index < -0.39 is 0 Å². The molecule has 1 aliphatic rings. The zero-order valence-corrected chi connectivity index (χ0v) is 14.3. The molecule has 2 aromatic carbocycles. The first-order chi connectivity index (χ1) is 9.74. The molecule has 0 aromatic heterocycles. The molecule has 0 amide bonds. The summed E-state index contributed by atoms with van der Waals surface area (Å²) in [6, 6.07) is 14.9. The molecule has 0 bridgehead atoms. The maximum absolute atomic E-state index is 5.79. The first-order valence-electron chi connectivity index (χ1n) is 6.87. The van der Waals surface area contributed by atoms with Crippen LogP contribution >= 0.6 is 31.9 Å². The molecule has 0 spiro atoms. The lowest BCUT2D eigenvalue weighted by molar-refractivity contribution is 0.353. The second-order valence-electron chi connectivity index (χ2n) is 5.07. The van der Waals surface area contributed by atoms with Crippen molar-refractivity contribution in [1.82, 2.24) is 0 Å². The highest BCUT2D eigenvalue weighted by atomic mass is 79.9. The van der Waals surface area contributed by atoms with Crippen molar-refractivity contribution in [3.63, 3.8) is 0 Å². The standard InChI is InChI=1S/C17H16Br2O/c18-15-10-13(17-14(11-15)8-9-20-17)6-7-16(19)12-4-2-1-3-5-12/h1-5,10-11,16H,6-9H2. The van der Waals surface area contributed by atoms with Crippen LogP contribution in [0.1, 0.15) is 27.9 Å². The number of aryl methyl sites for hydroxylation is 1. The van der Waals surface area contributed by atoms with E-state index in [1.54, 1.807) is 0 Å². The number of fused-ring (bicyclic) bond motifs is 1. The van der Waals surface area contributed by atoms with Crippen molar-refractivity contribution in [2.24, 2.45) is 0 Å². The third-order valence-corrected chi connectivity index (χ3v) is 5.10. The summed E-state index contributed by atoms with van der Waals surface area (Å²) in [6.07, 6.45) is 3.11. The number of rotatable bonds is 4. The fourth-order valence-electron chi connectivity index (χ4n) is 2.64. The molecule has 0 N–H and O–H groups in total. The van der Waals surface area contributed by atoms with E-state index in [2.05, 4.69) is 74.3 Å². The Morgan fingerprint density at radius 3 is 2.75 bits per heavy atom. The topological polar surface area (TPSA) is 9.23 Å². The van der Waals surface area contributed by atoms with E-state index in [4.69, 9.17) is 4.74 Å². The predicted molar refractivity (Wildman–Crippen MR) is 89.8 cm³/mol. The quantitative estimate of drug-likeness (QED) is 0.625. The molecule has 0 saturated carbocycles. The largest absolute Gasteiger partial charge is 0.493 e. The van der Waals surface area contributed by atoms with E-state index in [1.165, 1.54) is 16.7 Å². The van der Waals surface area contributed by atoms with E-state index >= 15 is 0 Å². The van der Waals surface area contributed by atoms with Crippen molar-refractivity contribution in [2.75, 3.05) is 6.61 Å². The first-order valence-corrected chi connectivity index (χ1v) is 8.58. The van der Waals surface area contributed by atoms with Crippen molar-refractivity contribution in [2.45, 2.75) is 24.1 Å². The molecular weight excluding hydrogens is 380 g/mol. The van der Waals surface area contributed by atoms with Crippen LogP contribution in [0.4, 0.5) is 0 Å². The number of hydrogen-bond donors (Lipinski definition) is 0. The van der Waals surface area contributed by atoms with Gasteiger partial charge in [0, 0.05) is 15.7 Å².